The van der Waals surface area contributed by atoms with E-state index in [1.807, 2.05) is 19.2 Å². The van der Waals surface area contributed by atoms with E-state index >= 15 is 0 Å². The Morgan fingerprint density at radius 2 is 2.00 bits per heavy atom. The van der Waals surface area contributed by atoms with Crippen LogP contribution in [0.1, 0.15) is 15.9 Å². The van der Waals surface area contributed by atoms with Gasteiger partial charge in [-0.15, -0.1) is 0 Å². The molecule has 1 aromatic rings. The van der Waals surface area contributed by atoms with Crippen LogP contribution < -0.4 is 0 Å². The van der Waals surface area contributed by atoms with Crippen LogP contribution >= 0.6 is 0 Å². The van der Waals surface area contributed by atoms with Gasteiger partial charge in [-0.1, -0.05) is 18.2 Å². The van der Waals surface area contributed by atoms with Gasteiger partial charge in [-0.3, -0.25) is 0 Å². The fourth-order valence-corrected chi connectivity index (χ4v) is 1.76. The Labute approximate surface area is 113 Å². The first-order valence-corrected chi connectivity index (χ1v) is 6.33. The minimum atomic E-state index is -0.885. The van der Waals surface area contributed by atoms with Gasteiger partial charge in [0.15, 0.2) is 0 Å². The second-order valence-electron chi connectivity index (χ2n) is 4.35. The number of rotatable bonds is 9. The second-order valence-corrected chi connectivity index (χ2v) is 4.35. The second kappa shape index (κ2) is 8.63. The number of carboxylic acid groups (broad SMARTS) is 1. The summed E-state index contributed by atoms with van der Waals surface area (Å²) in [4.78, 5) is 13.1. The van der Waals surface area contributed by atoms with Crippen molar-refractivity contribution in [2.45, 2.75) is 6.42 Å². The Balaban J connectivity index is 2.37. The van der Waals surface area contributed by atoms with Crippen LogP contribution in [0.3, 0.4) is 0 Å². The summed E-state index contributed by atoms with van der Waals surface area (Å²) in [5.41, 5.74) is 1.21. The molecule has 0 fully saturated rings. The molecule has 5 nitrogen and oxygen atoms in total. The molecule has 0 heterocycles. The van der Waals surface area contributed by atoms with E-state index in [0.29, 0.717) is 25.2 Å². The average Bonchev–Trinajstić information content (AvgIpc) is 2.41. The van der Waals surface area contributed by atoms with E-state index in [-0.39, 0.29) is 6.61 Å². The van der Waals surface area contributed by atoms with Crippen molar-refractivity contribution in [2.75, 3.05) is 40.0 Å². The summed E-state index contributed by atoms with van der Waals surface area (Å²) in [5.74, 6) is -0.885. The van der Waals surface area contributed by atoms with Crippen molar-refractivity contribution < 1.29 is 19.7 Å². The van der Waals surface area contributed by atoms with Gasteiger partial charge in [-0.05, 0) is 25.1 Å². The van der Waals surface area contributed by atoms with Crippen molar-refractivity contribution in [3.8, 4) is 0 Å². The van der Waals surface area contributed by atoms with E-state index in [4.69, 9.17) is 14.9 Å². The van der Waals surface area contributed by atoms with Crippen molar-refractivity contribution in [3.63, 3.8) is 0 Å². The van der Waals surface area contributed by atoms with Crippen LogP contribution in [0, 0.1) is 0 Å². The molecule has 19 heavy (non-hydrogen) atoms. The summed E-state index contributed by atoms with van der Waals surface area (Å²) in [5, 5.41) is 17.6. The highest BCUT2D eigenvalue weighted by molar-refractivity contribution is 5.89. The number of nitrogens with zero attached hydrogens (tertiary/aromatic N) is 1. The molecule has 1 aromatic carbocycles. The van der Waals surface area contributed by atoms with E-state index < -0.39 is 5.97 Å². The normalized spacial score (nSPS) is 10.9. The van der Waals surface area contributed by atoms with E-state index in [9.17, 15) is 4.79 Å². The minimum Gasteiger partial charge on any atom is -0.478 e. The zero-order chi connectivity index (χ0) is 14.1. The number of aliphatic hydroxyl groups is 1. The lowest BCUT2D eigenvalue weighted by Crippen LogP contribution is -2.26. The van der Waals surface area contributed by atoms with Crippen molar-refractivity contribution in [2.24, 2.45) is 0 Å². The number of carboxylic acids is 1. The molecule has 0 aliphatic rings. The summed E-state index contributed by atoms with van der Waals surface area (Å²) in [6.45, 7) is 2.49. The third kappa shape index (κ3) is 5.83. The summed E-state index contributed by atoms with van der Waals surface area (Å²) >= 11 is 0. The van der Waals surface area contributed by atoms with Gasteiger partial charge in [0.25, 0.3) is 0 Å². The SMILES string of the molecule is CN(CCOCCO)CCc1ccccc1C(=O)O. The van der Waals surface area contributed by atoms with Gasteiger partial charge in [0.1, 0.15) is 0 Å². The maximum Gasteiger partial charge on any atom is 0.335 e. The van der Waals surface area contributed by atoms with Crippen molar-refractivity contribution in [3.05, 3.63) is 35.4 Å². The molecule has 0 radical (unpaired) electrons. The fourth-order valence-electron chi connectivity index (χ4n) is 1.76. The maximum atomic E-state index is 11.1. The van der Waals surface area contributed by atoms with Crippen molar-refractivity contribution in [1.82, 2.24) is 4.90 Å². The monoisotopic (exact) mass is 267 g/mol. The molecule has 0 amide bonds. The first kappa shape index (κ1) is 15.6. The molecule has 0 saturated heterocycles. The average molecular weight is 267 g/mol. The Bertz CT molecular complexity index is 395. The highest BCUT2D eigenvalue weighted by Gasteiger charge is 2.09. The molecule has 1 rings (SSSR count). The summed E-state index contributed by atoms with van der Waals surface area (Å²) in [6.07, 6.45) is 0.693. The maximum absolute atomic E-state index is 11.1. The van der Waals surface area contributed by atoms with Crippen LogP contribution in [0.15, 0.2) is 24.3 Å². The van der Waals surface area contributed by atoms with Crippen LogP contribution in [-0.2, 0) is 11.2 Å². The van der Waals surface area contributed by atoms with Gasteiger partial charge in [0.05, 0.1) is 25.4 Å². The Kier molecular flexibility index (Phi) is 7.10. The largest absolute Gasteiger partial charge is 0.478 e. The molecule has 5 heteroatoms. The van der Waals surface area contributed by atoms with Gasteiger partial charge in [-0.25, -0.2) is 4.79 Å². The number of hydrogen-bond donors (Lipinski definition) is 2. The number of hydrogen-bond acceptors (Lipinski definition) is 4. The van der Waals surface area contributed by atoms with Crippen LogP contribution in [0.5, 0.6) is 0 Å². The van der Waals surface area contributed by atoms with Crippen molar-refractivity contribution in [1.29, 1.82) is 0 Å². The van der Waals surface area contributed by atoms with E-state index in [1.165, 1.54) is 0 Å². The molecule has 106 valence electrons. The van der Waals surface area contributed by atoms with Gasteiger partial charge in [-0.2, -0.15) is 0 Å². The van der Waals surface area contributed by atoms with Crippen LogP contribution in [0.4, 0.5) is 0 Å². The molecule has 0 aliphatic carbocycles. The number of likely N-dealkylation sites (N-methyl/N-ethyl adjacent to an activating group) is 1. The molecular weight excluding hydrogens is 246 g/mol. The topological polar surface area (TPSA) is 70.0 Å². The summed E-state index contributed by atoms with van der Waals surface area (Å²) in [6, 6.07) is 7.06. The van der Waals surface area contributed by atoms with E-state index in [0.717, 1.165) is 18.7 Å². The molecule has 0 spiro atoms. The molecule has 2 N–H and O–H groups in total. The summed E-state index contributed by atoms with van der Waals surface area (Å²) in [7, 11) is 1.96. The number of benzene rings is 1. The molecule has 0 atom stereocenters. The smallest absolute Gasteiger partial charge is 0.335 e. The Hall–Kier alpha value is -1.43. The van der Waals surface area contributed by atoms with Gasteiger partial charge < -0.3 is 19.8 Å². The van der Waals surface area contributed by atoms with Gasteiger partial charge in [0.2, 0.25) is 0 Å². The quantitative estimate of drug-likeness (QED) is 0.650. The van der Waals surface area contributed by atoms with Gasteiger partial charge in [0, 0.05) is 13.1 Å². The lowest BCUT2D eigenvalue weighted by Gasteiger charge is -2.17. The van der Waals surface area contributed by atoms with Crippen LogP contribution in [0.25, 0.3) is 0 Å². The summed E-state index contributed by atoms with van der Waals surface area (Å²) < 4.78 is 5.18. The highest BCUT2D eigenvalue weighted by atomic mass is 16.5. The zero-order valence-electron chi connectivity index (χ0n) is 11.2. The zero-order valence-corrected chi connectivity index (χ0v) is 11.2. The van der Waals surface area contributed by atoms with E-state index in [1.54, 1.807) is 12.1 Å². The predicted molar refractivity (Wildman–Crippen MR) is 72.5 cm³/mol. The number of aromatic carboxylic acids is 1. The Morgan fingerprint density at radius 3 is 2.68 bits per heavy atom. The fraction of sp³-hybridized carbons (Fsp3) is 0.500. The third-order valence-electron chi connectivity index (χ3n) is 2.86. The lowest BCUT2D eigenvalue weighted by atomic mass is 10.0. The lowest BCUT2D eigenvalue weighted by molar-refractivity contribution is 0.0694. The molecule has 0 bridgehead atoms. The molecular formula is C14H21NO4. The number of ether oxygens (including phenoxy) is 1. The highest BCUT2D eigenvalue weighted by Crippen LogP contribution is 2.09. The molecule has 0 aromatic heterocycles. The molecule has 0 unspecified atom stereocenters. The predicted octanol–water partition coefficient (Wildman–Crippen LogP) is 0.868. The first-order valence-electron chi connectivity index (χ1n) is 6.33. The van der Waals surface area contributed by atoms with Crippen molar-refractivity contribution >= 4 is 5.97 Å². The minimum absolute atomic E-state index is 0.0374. The van der Waals surface area contributed by atoms with E-state index in [2.05, 4.69) is 4.90 Å². The van der Waals surface area contributed by atoms with Gasteiger partial charge >= 0.3 is 5.97 Å². The standard InChI is InChI=1S/C14H21NO4/c1-15(8-10-19-11-9-16)7-6-12-4-2-3-5-13(12)14(17)18/h2-5,16H,6-11H2,1H3,(H,17,18). The third-order valence-corrected chi connectivity index (χ3v) is 2.86. The number of aliphatic hydroxyl groups excluding tert-OH is 1. The molecule has 0 saturated carbocycles. The first-order chi connectivity index (χ1) is 9.15. The Morgan fingerprint density at radius 1 is 1.26 bits per heavy atom. The van der Waals surface area contributed by atoms with Crippen LogP contribution in [-0.4, -0.2) is 61.0 Å². The van der Waals surface area contributed by atoms with Crippen LogP contribution in [0.2, 0.25) is 0 Å². The molecule has 0 aliphatic heterocycles. The number of carbonyl (C=O) groups is 1.